The van der Waals surface area contributed by atoms with Crippen LogP contribution in [0, 0.1) is 0 Å². The van der Waals surface area contributed by atoms with Crippen molar-refractivity contribution in [2.75, 3.05) is 0 Å². The van der Waals surface area contributed by atoms with Crippen LogP contribution in [-0.2, 0) is 18.6 Å². The minimum atomic E-state index is -0.0749. The van der Waals surface area contributed by atoms with Gasteiger partial charge >= 0.3 is 0 Å². The first-order chi connectivity index (χ1) is 13.4. The fraction of sp³-hybridized carbons (Fsp3) is 0.240. The van der Waals surface area contributed by atoms with Crippen LogP contribution in [0.15, 0.2) is 78.9 Å². The molecule has 28 heavy (non-hydrogen) atoms. The number of hydrogen-bond acceptors (Lipinski definition) is 2. The standard InChI is InChI=1S/C25H27NO2/c1-25(2,3)22-13-15-23(16-14-22)28-18-20-9-11-21(12-10-20)24(27)26-17-19-7-5-4-6-8-19/h4-16H,17-18H2,1-3H3,(H,26,27). The fourth-order valence-electron chi connectivity index (χ4n) is 2.85. The number of amides is 1. The van der Waals surface area contributed by atoms with Gasteiger partial charge in [-0.25, -0.2) is 0 Å². The molecule has 0 aliphatic heterocycles. The predicted molar refractivity (Wildman–Crippen MR) is 114 cm³/mol. The summed E-state index contributed by atoms with van der Waals surface area (Å²) in [6.45, 7) is 7.58. The van der Waals surface area contributed by atoms with E-state index in [0.717, 1.165) is 16.9 Å². The van der Waals surface area contributed by atoms with E-state index in [-0.39, 0.29) is 11.3 Å². The van der Waals surface area contributed by atoms with Gasteiger partial charge in [-0.2, -0.15) is 0 Å². The van der Waals surface area contributed by atoms with Gasteiger partial charge in [0.05, 0.1) is 0 Å². The van der Waals surface area contributed by atoms with Crippen molar-refractivity contribution in [3.63, 3.8) is 0 Å². The summed E-state index contributed by atoms with van der Waals surface area (Å²) < 4.78 is 5.86. The highest BCUT2D eigenvalue weighted by Crippen LogP contribution is 2.24. The molecule has 3 rings (SSSR count). The Morgan fingerprint density at radius 2 is 1.46 bits per heavy atom. The van der Waals surface area contributed by atoms with E-state index in [2.05, 4.69) is 38.2 Å². The van der Waals surface area contributed by atoms with Gasteiger partial charge in [-0.1, -0.05) is 75.4 Å². The smallest absolute Gasteiger partial charge is 0.251 e. The van der Waals surface area contributed by atoms with Gasteiger partial charge in [0, 0.05) is 12.1 Å². The van der Waals surface area contributed by atoms with E-state index in [4.69, 9.17) is 4.74 Å². The van der Waals surface area contributed by atoms with Crippen molar-refractivity contribution in [1.82, 2.24) is 5.32 Å². The normalized spacial score (nSPS) is 11.1. The molecule has 0 unspecified atom stereocenters. The van der Waals surface area contributed by atoms with Crippen LogP contribution in [0.5, 0.6) is 5.75 Å². The Kier molecular flexibility index (Phi) is 6.15. The van der Waals surface area contributed by atoms with Gasteiger partial charge < -0.3 is 10.1 Å². The molecule has 144 valence electrons. The van der Waals surface area contributed by atoms with Gasteiger partial charge in [-0.3, -0.25) is 4.79 Å². The third-order valence-corrected chi connectivity index (χ3v) is 4.64. The minimum absolute atomic E-state index is 0.0749. The highest BCUT2D eigenvalue weighted by atomic mass is 16.5. The van der Waals surface area contributed by atoms with Crippen LogP contribution in [-0.4, -0.2) is 5.91 Å². The number of ether oxygens (including phenoxy) is 1. The third kappa shape index (κ3) is 5.46. The summed E-state index contributed by atoms with van der Waals surface area (Å²) in [5, 5.41) is 2.94. The summed E-state index contributed by atoms with van der Waals surface area (Å²) in [5.41, 5.74) is 4.17. The lowest BCUT2D eigenvalue weighted by Gasteiger charge is -2.19. The topological polar surface area (TPSA) is 38.3 Å². The predicted octanol–water partition coefficient (Wildman–Crippen LogP) is 5.49. The summed E-state index contributed by atoms with van der Waals surface area (Å²) in [6.07, 6.45) is 0. The summed E-state index contributed by atoms with van der Waals surface area (Å²) in [6, 6.07) is 25.6. The molecule has 0 atom stereocenters. The first kappa shape index (κ1) is 19.7. The van der Waals surface area contributed by atoms with Gasteiger partial charge in [0.2, 0.25) is 0 Å². The van der Waals surface area contributed by atoms with Gasteiger partial charge in [-0.15, -0.1) is 0 Å². The van der Waals surface area contributed by atoms with Gasteiger partial charge in [0.1, 0.15) is 12.4 Å². The SMILES string of the molecule is CC(C)(C)c1ccc(OCc2ccc(C(=O)NCc3ccccc3)cc2)cc1. The molecule has 3 nitrogen and oxygen atoms in total. The molecule has 3 aromatic rings. The summed E-state index contributed by atoms with van der Waals surface area (Å²) >= 11 is 0. The van der Waals surface area contributed by atoms with Crippen molar-refractivity contribution < 1.29 is 9.53 Å². The Morgan fingerprint density at radius 3 is 2.07 bits per heavy atom. The third-order valence-electron chi connectivity index (χ3n) is 4.64. The van der Waals surface area contributed by atoms with Crippen molar-refractivity contribution >= 4 is 5.91 Å². The molecule has 1 N–H and O–H groups in total. The summed E-state index contributed by atoms with van der Waals surface area (Å²) in [5.74, 6) is 0.770. The van der Waals surface area contributed by atoms with E-state index >= 15 is 0 Å². The van der Waals surface area contributed by atoms with Crippen molar-refractivity contribution in [3.8, 4) is 5.75 Å². The number of benzene rings is 3. The molecular weight excluding hydrogens is 346 g/mol. The number of carbonyl (C=O) groups excluding carboxylic acids is 1. The minimum Gasteiger partial charge on any atom is -0.489 e. The lowest BCUT2D eigenvalue weighted by molar-refractivity contribution is 0.0951. The molecule has 0 aromatic heterocycles. The molecule has 3 heteroatoms. The van der Waals surface area contributed by atoms with Crippen LogP contribution in [0.4, 0.5) is 0 Å². The number of nitrogens with one attached hydrogen (secondary N) is 1. The van der Waals surface area contributed by atoms with Crippen molar-refractivity contribution in [1.29, 1.82) is 0 Å². The van der Waals surface area contributed by atoms with E-state index in [1.165, 1.54) is 5.56 Å². The summed E-state index contributed by atoms with van der Waals surface area (Å²) in [7, 11) is 0. The molecule has 0 fully saturated rings. The Morgan fingerprint density at radius 1 is 0.821 bits per heavy atom. The number of carbonyl (C=O) groups is 1. The molecule has 3 aromatic carbocycles. The zero-order valence-electron chi connectivity index (χ0n) is 16.7. The monoisotopic (exact) mass is 373 g/mol. The molecule has 0 aliphatic carbocycles. The zero-order valence-corrected chi connectivity index (χ0v) is 16.7. The quantitative estimate of drug-likeness (QED) is 0.620. The molecular formula is C25H27NO2. The second-order valence-corrected chi connectivity index (χ2v) is 7.93. The lowest BCUT2D eigenvalue weighted by Crippen LogP contribution is -2.22. The van der Waals surface area contributed by atoms with E-state index in [1.807, 2.05) is 66.7 Å². The van der Waals surface area contributed by atoms with Crippen molar-refractivity contribution in [3.05, 3.63) is 101 Å². The second-order valence-electron chi connectivity index (χ2n) is 7.93. The van der Waals surface area contributed by atoms with E-state index < -0.39 is 0 Å². The Hall–Kier alpha value is -3.07. The highest BCUT2D eigenvalue weighted by Gasteiger charge is 2.13. The van der Waals surface area contributed by atoms with Crippen LogP contribution in [0.1, 0.15) is 47.8 Å². The first-order valence-corrected chi connectivity index (χ1v) is 9.56. The molecule has 0 aliphatic rings. The highest BCUT2D eigenvalue weighted by molar-refractivity contribution is 5.94. The maximum Gasteiger partial charge on any atom is 0.251 e. The van der Waals surface area contributed by atoms with Crippen molar-refractivity contribution in [2.45, 2.75) is 39.3 Å². The van der Waals surface area contributed by atoms with Crippen molar-refractivity contribution in [2.24, 2.45) is 0 Å². The Balaban J connectivity index is 1.52. The van der Waals surface area contributed by atoms with Gasteiger partial charge in [0.25, 0.3) is 5.91 Å². The zero-order chi connectivity index (χ0) is 20.0. The van der Waals surface area contributed by atoms with Crippen LogP contribution in [0.3, 0.4) is 0 Å². The van der Waals surface area contributed by atoms with E-state index in [9.17, 15) is 4.79 Å². The summed E-state index contributed by atoms with van der Waals surface area (Å²) in [4.78, 5) is 12.3. The van der Waals surface area contributed by atoms with Crippen LogP contribution >= 0.6 is 0 Å². The first-order valence-electron chi connectivity index (χ1n) is 9.56. The molecule has 0 radical (unpaired) electrons. The molecule has 0 saturated carbocycles. The average Bonchev–Trinajstić information content (AvgIpc) is 2.71. The van der Waals surface area contributed by atoms with E-state index in [0.29, 0.717) is 18.7 Å². The molecule has 0 bridgehead atoms. The van der Waals surface area contributed by atoms with Crippen LogP contribution < -0.4 is 10.1 Å². The molecule has 0 spiro atoms. The molecule has 1 amide bonds. The van der Waals surface area contributed by atoms with Crippen LogP contribution in [0.25, 0.3) is 0 Å². The maximum absolute atomic E-state index is 12.3. The molecule has 0 heterocycles. The second kappa shape index (κ2) is 8.75. The molecule has 0 saturated heterocycles. The average molecular weight is 373 g/mol. The Labute approximate surface area is 167 Å². The lowest BCUT2D eigenvalue weighted by atomic mass is 9.87. The van der Waals surface area contributed by atoms with Gasteiger partial charge in [0.15, 0.2) is 0 Å². The number of rotatable bonds is 6. The Bertz CT molecular complexity index is 892. The maximum atomic E-state index is 12.3. The largest absolute Gasteiger partial charge is 0.489 e. The fourth-order valence-corrected chi connectivity index (χ4v) is 2.85. The number of hydrogen-bond donors (Lipinski definition) is 1. The van der Waals surface area contributed by atoms with Crippen LogP contribution in [0.2, 0.25) is 0 Å². The van der Waals surface area contributed by atoms with Gasteiger partial charge in [-0.05, 0) is 46.4 Å². The van der Waals surface area contributed by atoms with E-state index in [1.54, 1.807) is 0 Å².